The first-order valence-electron chi connectivity index (χ1n) is 4.98. The minimum absolute atomic E-state index is 0.000325. The fourth-order valence-corrected chi connectivity index (χ4v) is 2.49. The van der Waals surface area contributed by atoms with Gasteiger partial charge in [0.1, 0.15) is 10.0 Å². The van der Waals surface area contributed by atoms with Gasteiger partial charge in [0.2, 0.25) is 10.0 Å². The molecule has 1 heterocycles. The lowest BCUT2D eigenvalue weighted by atomic mass is 10.3. The molecule has 0 fully saturated rings. The molecule has 96 valence electrons. The van der Waals surface area contributed by atoms with Crippen molar-refractivity contribution in [2.75, 3.05) is 13.1 Å². The van der Waals surface area contributed by atoms with E-state index in [0.717, 1.165) is 6.42 Å². The van der Waals surface area contributed by atoms with Gasteiger partial charge >= 0.3 is 0 Å². The molecule has 0 aromatic carbocycles. The maximum absolute atomic E-state index is 11.8. The number of unbranched alkanes of at least 4 members (excludes halogenated alkanes) is 1. The average Bonchev–Trinajstić information content (AvgIpc) is 2.28. The van der Waals surface area contributed by atoms with Crippen molar-refractivity contribution in [2.24, 2.45) is 5.73 Å². The van der Waals surface area contributed by atoms with Crippen molar-refractivity contribution in [1.82, 2.24) is 9.71 Å². The fourth-order valence-electron chi connectivity index (χ4n) is 1.11. The third-order valence-corrected chi connectivity index (χ3v) is 4.12. The molecule has 0 aliphatic carbocycles. The Labute approximate surface area is 110 Å². The first kappa shape index (κ1) is 14.7. The van der Waals surface area contributed by atoms with E-state index in [1.807, 2.05) is 0 Å². The Kier molecular flexibility index (Phi) is 5.61. The monoisotopic (exact) mass is 297 g/mol. The van der Waals surface area contributed by atoms with Crippen LogP contribution in [0.15, 0.2) is 17.2 Å². The summed E-state index contributed by atoms with van der Waals surface area (Å²) >= 11 is 11.3. The summed E-state index contributed by atoms with van der Waals surface area (Å²) in [4.78, 5) is 3.68. The van der Waals surface area contributed by atoms with E-state index in [0.29, 0.717) is 19.5 Å². The normalized spacial score (nSPS) is 11.7. The fraction of sp³-hybridized carbons (Fsp3) is 0.444. The highest BCUT2D eigenvalue weighted by atomic mass is 35.5. The predicted molar refractivity (Wildman–Crippen MR) is 67.7 cm³/mol. The van der Waals surface area contributed by atoms with Crippen LogP contribution in [-0.2, 0) is 10.0 Å². The Balaban J connectivity index is 2.72. The minimum atomic E-state index is -3.58. The lowest BCUT2D eigenvalue weighted by Gasteiger charge is -2.06. The largest absolute Gasteiger partial charge is 0.330 e. The second kappa shape index (κ2) is 6.51. The Bertz CT molecular complexity index is 479. The van der Waals surface area contributed by atoms with Gasteiger partial charge in [0, 0.05) is 12.7 Å². The zero-order valence-electron chi connectivity index (χ0n) is 8.99. The Morgan fingerprint density at radius 2 is 2.06 bits per heavy atom. The molecule has 1 aromatic heterocycles. The number of halogens is 2. The van der Waals surface area contributed by atoms with Crippen molar-refractivity contribution in [3.8, 4) is 0 Å². The Hall–Kier alpha value is -0.400. The van der Waals surface area contributed by atoms with E-state index in [-0.39, 0.29) is 15.1 Å². The van der Waals surface area contributed by atoms with Gasteiger partial charge in [-0.3, -0.25) is 0 Å². The van der Waals surface area contributed by atoms with Gasteiger partial charge in [0.25, 0.3) is 0 Å². The van der Waals surface area contributed by atoms with E-state index in [2.05, 4.69) is 9.71 Å². The summed E-state index contributed by atoms with van der Waals surface area (Å²) in [6.45, 7) is 0.871. The van der Waals surface area contributed by atoms with E-state index in [4.69, 9.17) is 28.9 Å². The van der Waals surface area contributed by atoms with Crippen LogP contribution in [0.3, 0.4) is 0 Å². The van der Waals surface area contributed by atoms with Gasteiger partial charge in [-0.25, -0.2) is 18.1 Å². The van der Waals surface area contributed by atoms with Crippen molar-refractivity contribution >= 4 is 33.2 Å². The van der Waals surface area contributed by atoms with Crippen molar-refractivity contribution in [3.05, 3.63) is 22.4 Å². The smallest absolute Gasteiger partial charge is 0.242 e. The Morgan fingerprint density at radius 1 is 1.35 bits per heavy atom. The summed E-state index contributed by atoms with van der Waals surface area (Å²) in [5.41, 5.74) is 5.31. The van der Waals surface area contributed by atoms with Crippen molar-refractivity contribution in [2.45, 2.75) is 17.7 Å². The summed E-state index contributed by atoms with van der Waals surface area (Å²) in [6.07, 6.45) is 2.62. The summed E-state index contributed by atoms with van der Waals surface area (Å²) in [5, 5.41) is 0.185. The van der Waals surface area contributed by atoms with Crippen LogP contribution in [0.1, 0.15) is 12.8 Å². The summed E-state index contributed by atoms with van der Waals surface area (Å²) in [7, 11) is -3.58. The number of nitrogens with one attached hydrogen (secondary N) is 1. The highest BCUT2D eigenvalue weighted by Crippen LogP contribution is 2.21. The van der Waals surface area contributed by atoms with Gasteiger partial charge in [0.05, 0.1) is 5.02 Å². The summed E-state index contributed by atoms with van der Waals surface area (Å²) < 4.78 is 26.0. The van der Waals surface area contributed by atoms with E-state index in [9.17, 15) is 8.42 Å². The van der Waals surface area contributed by atoms with Crippen LogP contribution in [0, 0.1) is 0 Å². The number of nitrogens with zero attached hydrogens (tertiary/aromatic N) is 1. The molecular formula is C9H13Cl2N3O2S. The second-order valence-electron chi connectivity index (χ2n) is 3.34. The first-order valence-corrected chi connectivity index (χ1v) is 7.22. The molecule has 0 saturated heterocycles. The molecule has 0 aliphatic heterocycles. The van der Waals surface area contributed by atoms with Crippen LogP contribution in [0.25, 0.3) is 0 Å². The predicted octanol–water partition coefficient (Wildman–Crippen LogP) is 1.41. The molecule has 0 spiro atoms. The molecule has 0 aliphatic rings. The lowest BCUT2D eigenvalue weighted by molar-refractivity contribution is 0.576. The number of aromatic nitrogens is 1. The Morgan fingerprint density at radius 3 is 2.65 bits per heavy atom. The van der Waals surface area contributed by atoms with Crippen LogP contribution < -0.4 is 10.5 Å². The number of rotatable bonds is 6. The highest BCUT2D eigenvalue weighted by molar-refractivity contribution is 7.89. The maximum Gasteiger partial charge on any atom is 0.242 e. The number of hydrogen-bond donors (Lipinski definition) is 2. The summed E-state index contributed by atoms with van der Waals surface area (Å²) in [5.74, 6) is 0. The lowest BCUT2D eigenvalue weighted by Crippen LogP contribution is -2.25. The van der Waals surface area contributed by atoms with E-state index in [1.165, 1.54) is 12.3 Å². The van der Waals surface area contributed by atoms with Gasteiger partial charge in [-0.15, -0.1) is 0 Å². The van der Waals surface area contributed by atoms with Crippen LogP contribution in [0.2, 0.25) is 10.2 Å². The summed E-state index contributed by atoms with van der Waals surface area (Å²) in [6, 6.07) is 1.27. The number of sulfonamides is 1. The molecule has 17 heavy (non-hydrogen) atoms. The molecule has 0 radical (unpaired) electrons. The van der Waals surface area contributed by atoms with E-state index >= 15 is 0 Å². The minimum Gasteiger partial charge on any atom is -0.330 e. The van der Waals surface area contributed by atoms with Gasteiger partial charge in [-0.1, -0.05) is 23.2 Å². The molecular weight excluding hydrogens is 285 g/mol. The van der Waals surface area contributed by atoms with Gasteiger partial charge in [-0.05, 0) is 25.5 Å². The quantitative estimate of drug-likeness (QED) is 0.614. The van der Waals surface area contributed by atoms with Crippen LogP contribution >= 0.6 is 23.2 Å². The maximum atomic E-state index is 11.8. The number of hydrogen-bond acceptors (Lipinski definition) is 4. The molecule has 0 unspecified atom stereocenters. The third-order valence-electron chi connectivity index (χ3n) is 2.00. The molecule has 5 nitrogen and oxygen atoms in total. The topological polar surface area (TPSA) is 85.1 Å². The molecule has 1 rings (SSSR count). The molecule has 0 saturated carbocycles. The second-order valence-corrected chi connectivity index (χ2v) is 5.87. The molecule has 1 aromatic rings. The zero-order valence-corrected chi connectivity index (χ0v) is 11.3. The van der Waals surface area contributed by atoms with Crippen molar-refractivity contribution in [3.63, 3.8) is 0 Å². The molecule has 3 N–H and O–H groups in total. The van der Waals surface area contributed by atoms with Crippen LogP contribution in [0.4, 0.5) is 0 Å². The van der Waals surface area contributed by atoms with E-state index in [1.54, 1.807) is 0 Å². The van der Waals surface area contributed by atoms with Crippen molar-refractivity contribution in [1.29, 1.82) is 0 Å². The first-order chi connectivity index (χ1) is 7.97. The third kappa shape index (κ3) is 4.40. The van der Waals surface area contributed by atoms with Crippen molar-refractivity contribution < 1.29 is 8.42 Å². The highest BCUT2D eigenvalue weighted by Gasteiger charge is 2.15. The molecule has 0 amide bonds. The molecule has 0 bridgehead atoms. The molecule has 8 heteroatoms. The number of nitrogens with two attached hydrogens (primary N) is 1. The SMILES string of the molecule is NCCCCNS(=O)(=O)c1cnc(Cl)c(Cl)c1. The van der Waals surface area contributed by atoms with E-state index < -0.39 is 10.0 Å². The average molecular weight is 298 g/mol. The number of pyridine rings is 1. The van der Waals surface area contributed by atoms with Gasteiger partial charge < -0.3 is 5.73 Å². The van der Waals surface area contributed by atoms with Gasteiger partial charge in [-0.2, -0.15) is 0 Å². The van der Waals surface area contributed by atoms with Gasteiger partial charge in [0.15, 0.2) is 0 Å². The zero-order chi connectivity index (χ0) is 12.9. The standard InChI is InChI=1S/C9H13Cl2N3O2S/c10-8-5-7(6-13-9(8)11)17(15,16)14-4-2-1-3-12/h5-6,14H,1-4,12H2. The molecule has 0 atom stereocenters. The van der Waals surface area contributed by atoms with Crippen LogP contribution in [0.5, 0.6) is 0 Å². The van der Waals surface area contributed by atoms with Crippen LogP contribution in [-0.4, -0.2) is 26.5 Å².